The lowest BCUT2D eigenvalue weighted by atomic mass is 10.1. The number of aromatic nitrogens is 1. The lowest BCUT2D eigenvalue weighted by molar-refractivity contribution is 0.199. The third kappa shape index (κ3) is 1.49. The highest BCUT2D eigenvalue weighted by Gasteiger charge is 2.03. The summed E-state index contributed by atoms with van der Waals surface area (Å²) in [6, 6.07) is 7.89. The predicted octanol–water partition coefficient (Wildman–Crippen LogP) is 2.60. The van der Waals surface area contributed by atoms with E-state index >= 15 is 0 Å². The summed E-state index contributed by atoms with van der Waals surface area (Å²) < 4.78 is 0. The predicted molar refractivity (Wildman–Crippen MR) is 57.1 cm³/mol. The first-order chi connectivity index (χ1) is 6.68. The summed E-state index contributed by atoms with van der Waals surface area (Å²) in [5.74, 6) is 0. The van der Waals surface area contributed by atoms with Gasteiger partial charge in [0.2, 0.25) is 0 Å². The molecule has 0 aliphatic heterocycles. The van der Waals surface area contributed by atoms with Crippen molar-refractivity contribution in [3.05, 3.63) is 41.6 Å². The maximum atomic E-state index is 9.42. The monoisotopic (exact) mass is 187 g/mol. The third-order valence-corrected chi connectivity index (χ3v) is 2.47. The Balaban J connectivity index is 2.67. The maximum absolute atomic E-state index is 9.42. The van der Waals surface area contributed by atoms with Gasteiger partial charge in [-0.1, -0.05) is 12.1 Å². The van der Waals surface area contributed by atoms with Crippen LogP contribution in [0.25, 0.3) is 10.9 Å². The Kier molecular flexibility index (Phi) is 2.22. The van der Waals surface area contributed by atoms with E-state index in [0.717, 1.165) is 16.5 Å². The molecule has 0 aliphatic rings. The second-order valence-electron chi connectivity index (χ2n) is 3.58. The van der Waals surface area contributed by atoms with E-state index in [-0.39, 0.29) is 0 Å². The van der Waals surface area contributed by atoms with E-state index in [1.165, 1.54) is 5.56 Å². The summed E-state index contributed by atoms with van der Waals surface area (Å²) in [7, 11) is 0. The van der Waals surface area contributed by atoms with E-state index in [0.29, 0.717) is 0 Å². The van der Waals surface area contributed by atoms with Crippen molar-refractivity contribution in [2.45, 2.75) is 20.0 Å². The van der Waals surface area contributed by atoms with E-state index in [1.54, 1.807) is 13.1 Å². The molecule has 1 aromatic heterocycles. The van der Waals surface area contributed by atoms with Crippen molar-refractivity contribution in [1.82, 2.24) is 4.98 Å². The lowest BCUT2D eigenvalue weighted by Gasteiger charge is -2.06. The van der Waals surface area contributed by atoms with E-state index in [1.807, 2.05) is 24.3 Å². The molecule has 1 heterocycles. The number of fused-ring (bicyclic) bond motifs is 1. The molecule has 1 atom stereocenters. The minimum absolute atomic E-state index is 0.429. The molecule has 2 heteroatoms. The van der Waals surface area contributed by atoms with Crippen molar-refractivity contribution < 1.29 is 5.11 Å². The first-order valence-corrected chi connectivity index (χ1v) is 4.72. The molecule has 0 spiro atoms. The number of rotatable bonds is 1. The van der Waals surface area contributed by atoms with Crippen LogP contribution in [0, 0.1) is 6.92 Å². The minimum atomic E-state index is -0.429. The number of aliphatic hydroxyl groups is 1. The summed E-state index contributed by atoms with van der Waals surface area (Å²) in [6.07, 6.45) is 1.37. The number of benzene rings is 1. The number of pyridine rings is 1. The molecular formula is C12H13NO. The van der Waals surface area contributed by atoms with Crippen LogP contribution in [0.15, 0.2) is 30.5 Å². The fraction of sp³-hybridized carbons (Fsp3) is 0.250. The van der Waals surface area contributed by atoms with Crippen LogP contribution in [-0.4, -0.2) is 10.1 Å². The summed E-state index contributed by atoms with van der Waals surface area (Å²) >= 11 is 0. The van der Waals surface area contributed by atoms with Gasteiger partial charge in [-0.2, -0.15) is 0 Å². The Morgan fingerprint density at radius 3 is 2.79 bits per heavy atom. The fourth-order valence-electron chi connectivity index (χ4n) is 1.57. The molecule has 0 saturated heterocycles. The van der Waals surface area contributed by atoms with Crippen molar-refractivity contribution in [3.63, 3.8) is 0 Å². The minimum Gasteiger partial charge on any atom is -0.389 e. The Labute approximate surface area is 83.2 Å². The largest absolute Gasteiger partial charge is 0.389 e. The standard InChI is InChI=1S/C12H13NO/c1-8-5-6-13-12-7-10(9(2)14)3-4-11(8)12/h3-7,9,14H,1-2H3. The molecule has 2 nitrogen and oxygen atoms in total. The smallest absolute Gasteiger partial charge is 0.0762 e. The number of aryl methyl sites for hydroxylation is 1. The topological polar surface area (TPSA) is 33.1 Å². The van der Waals surface area contributed by atoms with Crippen molar-refractivity contribution >= 4 is 10.9 Å². The summed E-state index contributed by atoms with van der Waals surface area (Å²) in [6.45, 7) is 3.82. The molecule has 0 saturated carbocycles. The summed E-state index contributed by atoms with van der Waals surface area (Å²) in [5, 5.41) is 10.6. The Morgan fingerprint density at radius 2 is 2.07 bits per heavy atom. The first-order valence-electron chi connectivity index (χ1n) is 4.72. The molecule has 0 radical (unpaired) electrons. The third-order valence-electron chi connectivity index (χ3n) is 2.47. The van der Waals surface area contributed by atoms with Gasteiger partial charge in [-0.15, -0.1) is 0 Å². The van der Waals surface area contributed by atoms with Crippen molar-refractivity contribution in [2.75, 3.05) is 0 Å². The van der Waals surface area contributed by atoms with Gasteiger partial charge in [0.1, 0.15) is 0 Å². The summed E-state index contributed by atoms with van der Waals surface area (Å²) in [5.41, 5.74) is 3.08. The molecule has 0 amide bonds. The number of hydrogen-bond acceptors (Lipinski definition) is 2. The van der Waals surface area contributed by atoms with Gasteiger partial charge in [-0.3, -0.25) is 4.98 Å². The quantitative estimate of drug-likeness (QED) is 0.744. The zero-order valence-corrected chi connectivity index (χ0v) is 8.36. The molecular weight excluding hydrogens is 174 g/mol. The van der Waals surface area contributed by atoms with Gasteiger partial charge in [0, 0.05) is 11.6 Å². The Morgan fingerprint density at radius 1 is 1.29 bits per heavy atom. The van der Waals surface area contributed by atoms with Gasteiger partial charge in [-0.25, -0.2) is 0 Å². The van der Waals surface area contributed by atoms with Crippen molar-refractivity contribution in [2.24, 2.45) is 0 Å². The molecule has 0 aliphatic carbocycles. The second-order valence-corrected chi connectivity index (χ2v) is 3.58. The highest BCUT2D eigenvalue weighted by atomic mass is 16.3. The van der Waals surface area contributed by atoms with Gasteiger partial charge < -0.3 is 5.11 Å². The van der Waals surface area contributed by atoms with Crippen LogP contribution >= 0.6 is 0 Å². The molecule has 14 heavy (non-hydrogen) atoms. The van der Waals surface area contributed by atoms with Crippen LogP contribution in [0.4, 0.5) is 0 Å². The molecule has 1 unspecified atom stereocenters. The lowest BCUT2D eigenvalue weighted by Crippen LogP contribution is -1.91. The zero-order valence-electron chi connectivity index (χ0n) is 8.36. The van der Waals surface area contributed by atoms with Gasteiger partial charge >= 0.3 is 0 Å². The molecule has 0 fully saturated rings. The Hall–Kier alpha value is -1.41. The second kappa shape index (κ2) is 3.39. The first kappa shape index (κ1) is 9.16. The molecule has 2 aromatic rings. The Bertz CT molecular complexity index is 463. The number of nitrogens with zero attached hydrogens (tertiary/aromatic N) is 1. The number of aliphatic hydroxyl groups excluding tert-OH is 1. The molecule has 2 rings (SSSR count). The van der Waals surface area contributed by atoms with E-state index in [9.17, 15) is 5.11 Å². The van der Waals surface area contributed by atoms with Crippen LogP contribution < -0.4 is 0 Å². The SMILES string of the molecule is Cc1ccnc2cc(C(C)O)ccc12. The van der Waals surface area contributed by atoms with E-state index in [4.69, 9.17) is 0 Å². The zero-order chi connectivity index (χ0) is 10.1. The van der Waals surface area contributed by atoms with Gasteiger partial charge in [0.15, 0.2) is 0 Å². The average molecular weight is 187 g/mol. The molecule has 72 valence electrons. The van der Waals surface area contributed by atoms with E-state index in [2.05, 4.69) is 11.9 Å². The van der Waals surface area contributed by atoms with Crippen molar-refractivity contribution in [3.8, 4) is 0 Å². The summed E-state index contributed by atoms with van der Waals surface area (Å²) in [4.78, 5) is 4.27. The van der Waals surface area contributed by atoms with Crippen LogP contribution in [-0.2, 0) is 0 Å². The van der Waals surface area contributed by atoms with Gasteiger partial charge in [0.25, 0.3) is 0 Å². The number of hydrogen-bond donors (Lipinski definition) is 1. The highest BCUT2D eigenvalue weighted by molar-refractivity contribution is 5.82. The van der Waals surface area contributed by atoms with Crippen LogP contribution in [0.1, 0.15) is 24.2 Å². The maximum Gasteiger partial charge on any atom is 0.0762 e. The van der Waals surface area contributed by atoms with Crippen LogP contribution in [0.3, 0.4) is 0 Å². The average Bonchev–Trinajstić information content (AvgIpc) is 2.17. The molecule has 1 aromatic carbocycles. The van der Waals surface area contributed by atoms with E-state index < -0.39 is 6.10 Å². The molecule has 0 bridgehead atoms. The van der Waals surface area contributed by atoms with Crippen LogP contribution in [0.5, 0.6) is 0 Å². The van der Waals surface area contributed by atoms with Gasteiger partial charge in [-0.05, 0) is 37.1 Å². The fourth-order valence-corrected chi connectivity index (χ4v) is 1.57. The molecule has 1 N–H and O–H groups in total. The van der Waals surface area contributed by atoms with Gasteiger partial charge in [0.05, 0.1) is 11.6 Å². The highest BCUT2D eigenvalue weighted by Crippen LogP contribution is 2.20. The normalized spacial score (nSPS) is 13.1. The van der Waals surface area contributed by atoms with Crippen LogP contribution in [0.2, 0.25) is 0 Å². The van der Waals surface area contributed by atoms with Crippen molar-refractivity contribution in [1.29, 1.82) is 0 Å².